The molecule has 0 saturated carbocycles. The van der Waals surface area contributed by atoms with Crippen molar-refractivity contribution in [2.75, 3.05) is 0 Å². The SMILES string of the molecule is CCCCCC(CC)OC(=O)c1cc(OC#N)cc(OC#N)c1. The lowest BCUT2D eigenvalue weighted by atomic mass is 10.1. The zero-order valence-electron chi connectivity index (χ0n) is 13.4. The van der Waals surface area contributed by atoms with E-state index in [0.717, 1.165) is 32.1 Å². The van der Waals surface area contributed by atoms with Crippen LogP contribution in [0.2, 0.25) is 0 Å². The summed E-state index contributed by atoms with van der Waals surface area (Å²) >= 11 is 0. The van der Waals surface area contributed by atoms with Gasteiger partial charge in [-0.2, -0.15) is 0 Å². The normalized spacial score (nSPS) is 11.0. The van der Waals surface area contributed by atoms with Crippen LogP contribution in [0.25, 0.3) is 0 Å². The van der Waals surface area contributed by atoms with Crippen LogP contribution in [-0.2, 0) is 4.74 Å². The minimum Gasteiger partial charge on any atom is -0.459 e. The molecule has 1 rings (SSSR count). The van der Waals surface area contributed by atoms with E-state index in [4.69, 9.17) is 24.7 Å². The minimum atomic E-state index is -0.528. The molecule has 0 amide bonds. The molecule has 1 aromatic rings. The van der Waals surface area contributed by atoms with Gasteiger partial charge in [0.25, 0.3) is 12.5 Å². The monoisotopic (exact) mass is 316 g/mol. The quantitative estimate of drug-likeness (QED) is 0.389. The molecule has 1 aromatic carbocycles. The van der Waals surface area contributed by atoms with E-state index in [1.165, 1.54) is 30.7 Å². The van der Waals surface area contributed by atoms with E-state index < -0.39 is 5.97 Å². The van der Waals surface area contributed by atoms with E-state index in [1.54, 1.807) is 0 Å². The molecule has 0 spiro atoms. The third kappa shape index (κ3) is 6.27. The first-order chi connectivity index (χ1) is 11.1. The van der Waals surface area contributed by atoms with Crippen molar-refractivity contribution >= 4 is 5.97 Å². The smallest absolute Gasteiger partial charge is 0.338 e. The molecule has 0 N–H and O–H groups in total. The minimum absolute atomic E-state index is 0.117. The summed E-state index contributed by atoms with van der Waals surface area (Å²) in [6.45, 7) is 4.08. The number of nitrogens with zero attached hydrogens (tertiary/aromatic N) is 2. The maximum absolute atomic E-state index is 12.3. The highest BCUT2D eigenvalue weighted by atomic mass is 16.5. The number of hydrogen-bond donors (Lipinski definition) is 0. The molecule has 6 nitrogen and oxygen atoms in total. The van der Waals surface area contributed by atoms with Crippen molar-refractivity contribution in [2.24, 2.45) is 0 Å². The number of benzene rings is 1. The van der Waals surface area contributed by atoms with Gasteiger partial charge in [0.05, 0.1) is 5.56 Å². The number of carbonyl (C=O) groups excluding carboxylic acids is 1. The zero-order chi connectivity index (χ0) is 17.1. The fourth-order valence-corrected chi connectivity index (χ4v) is 2.10. The topological polar surface area (TPSA) is 92.3 Å². The molecule has 0 heterocycles. The number of rotatable bonds is 9. The van der Waals surface area contributed by atoms with E-state index in [2.05, 4.69) is 6.92 Å². The second-order valence-electron chi connectivity index (χ2n) is 5.01. The number of ether oxygens (including phenoxy) is 3. The largest absolute Gasteiger partial charge is 0.459 e. The van der Waals surface area contributed by atoms with E-state index in [-0.39, 0.29) is 23.2 Å². The Kier molecular flexibility index (Phi) is 8.02. The maximum Gasteiger partial charge on any atom is 0.338 e. The molecule has 0 radical (unpaired) electrons. The molecule has 0 bridgehead atoms. The third-order valence-electron chi connectivity index (χ3n) is 3.30. The molecule has 6 heteroatoms. The maximum atomic E-state index is 12.3. The number of hydrogen-bond acceptors (Lipinski definition) is 6. The second-order valence-corrected chi connectivity index (χ2v) is 5.01. The van der Waals surface area contributed by atoms with Gasteiger partial charge >= 0.3 is 5.97 Å². The van der Waals surface area contributed by atoms with Crippen LogP contribution >= 0.6 is 0 Å². The number of nitriles is 2. The van der Waals surface area contributed by atoms with E-state index >= 15 is 0 Å². The van der Waals surface area contributed by atoms with Gasteiger partial charge in [-0.25, -0.2) is 4.79 Å². The van der Waals surface area contributed by atoms with Crippen LogP contribution in [0.4, 0.5) is 0 Å². The van der Waals surface area contributed by atoms with Gasteiger partial charge in [0, 0.05) is 6.07 Å². The van der Waals surface area contributed by atoms with Crippen LogP contribution in [0.1, 0.15) is 56.3 Å². The van der Waals surface area contributed by atoms with Crippen molar-refractivity contribution in [3.63, 3.8) is 0 Å². The van der Waals surface area contributed by atoms with Gasteiger partial charge in [-0.15, -0.1) is 10.5 Å². The van der Waals surface area contributed by atoms with Gasteiger partial charge in [-0.05, 0) is 31.4 Å². The Balaban J connectivity index is 2.84. The molecule has 1 unspecified atom stereocenters. The summed E-state index contributed by atoms with van der Waals surface area (Å²) in [5.74, 6) is -0.294. The molecular weight excluding hydrogens is 296 g/mol. The fourth-order valence-electron chi connectivity index (χ4n) is 2.10. The lowest BCUT2D eigenvalue weighted by Crippen LogP contribution is -2.17. The summed E-state index contributed by atoms with van der Waals surface area (Å²) in [4.78, 5) is 12.3. The Morgan fingerprint density at radius 2 is 1.70 bits per heavy atom. The molecule has 0 aliphatic heterocycles. The lowest BCUT2D eigenvalue weighted by Gasteiger charge is -2.16. The van der Waals surface area contributed by atoms with Gasteiger partial charge in [-0.3, -0.25) is 0 Å². The highest BCUT2D eigenvalue weighted by Gasteiger charge is 2.17. The molecule has 0 saturated heterocycles. The van der Waals surface area contributed by atoms with Crippen LogP contribution in [0.5, 0.6) is 11.5 Å². The Morgan fingerprint density at radius 3 is 2.17 bits per heavy atom. The van der Waals surface area contributed by atoms with Gasteiger partial charge in [-0.1, -0.05) is 26.7 Å². The molecule has 0 aromatic heterocycles. The average Bonchev–Trinajstić information content (AvgIpc) is 2.54. The average molecular weight is 316 g/mol. The predicted octanol–water partition coefficient (Wildman–Crippen LogP) is 3.92. The fraction of sp³-hybridized carbons (Fsp3) is 0.471. The first-order valence-electron chi connectivity index (χ1n) is 7.62. The summed E-state index contributed by atoms with van der Waals surface area (Å²) in [7, 11) is 0. The van der Waals surface area contributed by atoms with Gasteiger partial charge in [0.2, 0.25) is 0 Å². The Morgan fingerprint density at radius 1 is 1.09 bits per heavy atom. The third-order valence-corrected chi connectivity index (χ3v) is 3.30. The van der Waals surface area contributed by atoms with Crippen LogP contribution in [0.3, 0.4) is 0 Å². The number of carbonyl (C=O) groups is 1. The first-order valence-corrected chi connectivity index (χ1v) is 7.62. The Labute approximate surface area is 136 Å². The number of unbranched alkanes of at least 4 members (excludes halogenated alkanes) is 2. The van der Waals surface area contributed by atoms with Crippen molar-refractivity contribution in [3.05, 3.63) is 23.8 Å². The van der Waals surface area contributed by atoms with Crippen molar-refractivity contribution < 1.29 is 19.0 Å². The molecule has 0 aliphatic carbocycles. The summed E-state index contributed by atoms with van der Waals surface area (Å²) in [6.07, 6.45) is 7.62. The standard InChI is InChI=1S/C17H20N2O4/c1-3-5-6-7-14(4-2)23-17(20)13-8-15(21-11-18)10-16(9-13)22-12-19/h8-10,14H,3-7H2,1-2H3. The molecule has 122 valence electrons. The molecule has 23 heavy (non-hydrogen) atoms. The van der Waals surface area contributed by atoms with Crippen molar-refractivity contribution in [3.8, 4) is 24.0 Å². The van der Waals surface area contributed by atoms with Gasteiger partial charge in [0.15, 0.2) is 0 Å². The van der Waals surface area contributed by atoms with Crippen LogP contribution in [0.15, 0.2) is 18.2 Å². The van der Waals surface area contributed by atoms with Crippen molar-refractivity contribution in [1.82, 2.24) is 0 Å². The van der Waals surface area contributed by atoms with Crippen LogP contribution < -0.4 is 9.47 Å². The molecular formula is C17H20N2O4. The molecule has 1 atom stereocenters. The van der Waals surface area contributed by atoms with Crippen molar-refractivity contribution in [2.45, 2.75) is 52.1 Å². The predicted molar refractivity (Wildman–Crippen MR) is 82.6 cm³/mol. The van der Waals surface area contributed by atoms with E-state index in [9.17, 15) is 4.79 Å². The van der Waals surface area contributed by atoms with Crippen LogP contribution in [-0.4, -0.2) is 12.1 Å². The zero-order valence-corrected chi connectivity index (χ0v) is 13.4. The van der Waals surface area contributed by atoms with Gasteiger partial charge in [0.1, 0.15) is 17.6 Å². The van der Waals surface area contributed by atoms with Gasteiger partial charge < -0.3 is 14.2 Å². The summed E-state index contributed by atoms with van der Waals surface area (Å²) in [5.41, 5.74) is 0.178. The highest BCUT2D eigenvalue weighted by molar-refractivity contribution is 5.90. The van der Waals surface area contributed by atoms with Crippen LogP contribution in [0, 0.1) is 23.0 Å². The summed E-state index contributed by atoms with van der Waals surface area (Å²) < 4.78 is 14.9. The lowest BCUT2D eigenvalue weighted by molar-refractivity contribution is 0.0266. The van der Waals surface area contributed by atoms with E-state index in [0.29, 0.717) is 0 Å². The van der Waals surface area contributed by atoms with Crippen molar-refractivity contribution in [1.29, 1.82) is 10.5 Å². The molecule has 0 fully saturated rings. The summed E-state index contributed by atoms with van der Waals surface area (Å²) in [5, 5.41) is 17.2. The second kappa shape index (κ2) is 10.1. The number of esters is 1. The Bertz CT molecular complexity index is 567. The molecule has 0 aliphatic rings. The first kappa shape index (κ1) is 18.3. The van der Waals surface area contributed by atoms with E-state index in [1.807, 2.05) is 6.92 Å². The highest BCUT2D eigenvalue weighted by Crippen LogP contribution is 2.24. The Hall–Kier alpha value is -2.73. The summed E-state index contributed by atoms with van der Waals surface area (Å²) in [6, 6.07) is 4.12.